The molecule has 0 radical (unpaired) electrons. The number of likely N-dealkylation sites (tertiary alicyclic amines) is 2. The van der Waals surface area contributed by atoms with Crippen LogP contribution in [0.25, 0.3) is 0 Å². The summed E-state index contributed by atoms with van der Waals surface area (Å²) in [6, 6.07) is 6.81. The smallest absolute Gasteiger partial charge is 0.241 e. The molecule has 1 aromatic carbocycles. The molecule has 2 fully saturated rings. The molecule has 2 aliphatic rings. The molecule has 0 aromatic heterocycles. The Bertz CT molecular complexity index is 621. The first-order chi connectivity index (χ1) is 11.7. The second-order valence-corrected chi connectivity index (χ2v) is 6.33. The quantitative estimate of drug-likeness (QED) is 0.858. The minimum absolute atomic E-state index is 0. The summed E-state index contributed by atoms with van der Waals surface area (Å²) < 4.78 is 5.45. The van der Waals surface area contributed by atoms with E-state index < -0.39 is 6.04 Å². The van der Waals surface area contributed by atoms with Crippen molar-refractivity contribution in [2.45, 2.75) is 31.3 Å². The van der Waals surface area contributed by atoms with Gasteiger partial charge in [0.1, 0.15) is 11.8 Å². The Morgan fingerprint density at radius 2 is 1.92 bits per heavy atom. The summed E-state index contributed by atoms with van der Waals surface area (Å²) in [4.78, 5) is 29.4. The zero-order chi connectivity index (χ0) is 17.1. The van der Waals surface area contributed by atoms with E-state index in [4.69, 9.17) is 4.74 Å². The van der Waals surface area contributed by atoms with Crippen molar-refractivity contribution in [2.24, 2.45) is 0 Å². The largest absolute Gasteiger partial charge is 0.496 e. The molecule has 0 aliphatic carbocycles. The number of carbonyl (C=O) groups is 2. The number of nitrogens with one attached hydrogen (secondary N) is 1. The summed E-state index contributed by atoms with van der Waals surface area (Å²) in [6.07, 6.45) is 2.80. The van der Waals surface area contributed by atoms with E-state index in [9.17, 15) is 9.59 Å². The zero-order valence-electron chi connectivity index (χ0n) is 14.7. The second kappa shape index (κ2) is 8.54. The SMILES string of the molecule is CNC(=O)[C@@H](c1ccccc1OC)N1CCC[C@H]1C(=O)N1CCC1.Cl. The Hall–Kier alpha value is -1.79. The van der Waals surface area contributed by atoms with Gasteiger partial charge in [-0.15, -0.1) is 12.4 Å². The molecular weight excluding hydrogens is 342 g/mol. The molecule has 0 bridgehead atoms. The number of amides is 2. The first-order valence-corrected chi connectivity index (χ1v) is 8.56. The predicted molar refractivity (Wildman–Crippen MR) is 98.0 cm³/mol. The van der Waals surface area contributed by atoms with Crippen LogP contribution in [0.4, 0.5) is 0 Å². The number of rotatable bonds is 5. The summed E-state index contributed by atoms with van der Waals surface area (Å²) in [7, 11) is 3.24. The summed E-state index contributed by atoms with van der Waals surface area (Å²) in [5.41, 5.74) is 0.808. The average Bonchev–Trinajstić information content (AvgIpc) is 3.03. The van der Waals surface area contributed by atoms with Crippen molar-refractivity contribution >= 4 is 24.2 Å². The van der Waals surface area contributed by atoms with Crippen LogP contribution in [-0.4, -0.2) is 61.4 Å². The van der Waals surface area contributed by atoms with Gasteiger partial charge in [0, 0.05) is 32.2 Å². The van der Waals surface area contributed by atoms with Gasteiger partial charge in [-0.3, -0.25) is 14.5 Å². The lowest BCUT2D eigenvalue weighted by atomic mass is 10.0. The van der Waals surface area contributed by atoms with Crippen molar-refractivity contribution in [3.05, 3.63) is 29.8 Å². The van der Waals surface area contributed by atoms with Crippen LogP contribution in [0.2, 0.25) is 0 Å². The molecule has 1 N–H and O–H groups in total. The number of nitrogens with zero attached hydrogens (tertiary/aromatic N) is 2. The van der Waals surface area contributed by atoms with Crippen LogP contribution in [0.1, 0.15) is 30.9 Å². The first kappa shape index (κ1) is 19.5. The van der Waals surface area contributed by atoms with E-state index in [-0.39, 0.29) is 30.3 Å². The molecule has 6 nitrogen and oxygen atoms in total. The van der Waals surface area contributed by atoms with Crippen LogP contribution in [-0.2, 0) is 9.59 Å². The standard InChI is InChI=1S/C18H25N3O3.ClH/c1-19-17(22)16(13-7-3-4-9-15(13)24-2)21-12-5-8-14(21)18(23)20-10-6-11-20;/h3-4,7,9,14,16H,5-6,8,10-12H2,1-2H3,(H,19,22);1H/t14-,16+;/m0./s1. The summed E-state index contributed by atoms with van der Waals surface area (Å²) in [6.45, 7) is 2.41. The number of likely N-dealkylation sites (N-methyl/N-ethyl adjacent to an activating group) is 1. The van der Waals surface area contributed by atoms with E-state index in [1.807, 2.05) is 34.1 Å². The first-order valence-electron chi connectivity index (χ1n) is 8.56. The molecule has 2 amide bonds. The molecule has 25 heavy (non-hydrogen) atoms. The van der Waals surface area contributed by atoms with E-state index in [0.29, 0.717) is 5.75 Å². The Balaban J connectivity index is 0.00000225. The van der Waals surface area contributed by atoms with Gasteiger partial charge in [0.15, 0.2) is 0 Å². The third kappa shape index (κ3) is 3.75. The highest BCUT2D eigenvalue weighted by Gasteiger charge is 2.42. The fraction of sp³-hybridized carbons (Fsp3) is 0.556. The van der Waals surface area contributed by atoms with Gasteiger partial charge in [-0.05, 0) is 25.3 Å². The molecule has 2 atom stereocenters. The van der Waals surface area contributed by atoms with Gasteiger partial charge in [0.25, 0.3) is 0 Å². The number of hydrogen-bond donors (Lipinski definition) is 1. The van der Waals surface area contributed by atoms with Gasteiger partial charge < -0.3 is 15.0 Å². The van der Waals surface area contributed by atoms with Crippen molar-refractivity contribution in [3.63, 3.8) is 0 Å². The van der Waals surface area contributed by atoms with Crippen LogP contribution in [0.15, 0.2) is 24.3 Å². The van der Waals surface area contributed by atoms with Crippen molar-refractivity contribution in [1.29, 1.82) is 0 Å². The Morgan fingerprint density at radius 3 is 2.52 bits per heavy atom. The highest BCUT2D eigenvalue weighted by atomic mass is 35.5. The van der Waals surface area contributed by atoms with Gasteiger partial charge in [0.05, 0.1) is 13.2 Å². The summed E-state index contributed by atoms with van der Waals surface area (Å²) in [5, 5.41) is 2.75. The normalized spacial score (nSPS) is 21.0. The maximum atomic E-state index is 12.8. The van der Waals surface area contributed by atoms with Crippen molar-refractivity contribution in [2.75, 3.05) is 33.8 Å². The van der Waals surface area contributed by atoms with E-state index in [2.05, 4.69) is 5.32 Å². The fourth-order valence-electron chi connectivity index (χ4n) is 3.61. The highest BCUT2D eigenvalue weighted by Crippen LogP contribution is 2.35. The van der Waals surface area contributed by atoms with Crippen molar-refractivity contribution in [3.8, 4) is 5.75 Å². The maximum Gasteiger partial charge on any atom is 0.241 e. The number of ether oxygens (including phenoxy) is 1. The molecule has 1 aromatic rings. The molecule has 2 aliphatic heterocycles. The molecule has 2 heterocycles. The van der Waals surface area contributed by atoms with E-state index >= 15 is 0 Å². The zero-order valence-corrected chi connectivity index (χ0v) is 15.6. The molecule has 7 heteroatoms. The monoisotopic (exact) mass is 367 g/mol. The van der Waals surface area contributed by atoms with Crippen LogP contribution in [0, 0.1) is 0 Å². The highest BCUT2D eigenvalue weighted by molar-refractivity contribution is 5.87. The van der Waals surface area contributed by atoms with Crippen LogP contribution >= 0.6 is 12.4 Å². The topological polar surface area (TPSA) is 61.9 Å². The lowest BCUT2D eigenvalue weighted by Crippen LogP contribution is -2.53. The molecule has 3 rings (SSSR count). The lowest BCUT2D eigenvalue weighted by Gasteiger charge is -2.38. The summed E-state index contributed by atoms with van der Waals surface area (Å²) in [5.74, 6) is 0.721. The van der Waals surface area contributed by atoms with Gasteiger partial charge >= 0.3 is 0 Å². The second-order valence-electron chi connectivity index (χ2n) is 6.33. The Morgan fingerprint density at radius 1 is 1.20 bits per heavy atom. The average molecular weight is 368 g/mol. The molecule has 0 unspecified atom stereocenters. The Kier molecular flexibility index (Phi) is 6.67. The molecule has 0 saturated carbocycles. The van der Waals surface area contributed by atoms with E-state index in [0.717, 1.165) is 44.5 Å². The lowest BCUT2D eigenvalue weighted by molar-refractivity contribution is -0.141. The minimum Gasteiger partial charge on any atom is -0.496 e. The number of methoxy groups -OCH3 is 1. The van der Waals surface area contributed by atoms with Crippen molar-refractivity contribution in [1.82, 2.24) is 15.1 Å². The molecule has 2 saturated heterocycles. The number of halogens is 1. The van der Waals surface area contributed by atoms with Crippen LogP contribution < -0.4 is 10.1 Å². The van der Waals surface area contributed by atoms with Crippen LogP contribution in [0.3, 0.4) is 0 Å². The molecular formula is C18H26ClN3O3. The minimum atomic E-state index is -0.510. The Labute approximate surface area is 154 Å². The maximum absolute atomic E-state index is 12.8. The number of hydrogen-bond acceptors (Lipinski definition) is 4. The van der Waals surface area contributed by atoms with E-state index in [1.54, 1.807) is 14.2 Å². The summed E-state index contributed by atoms with van der Waals surface area (Å²) >= 11 is 0. The molecule has 138 valence electrons. The van der Waals surface area contributed by atoms with Crippen LogP contribution in [0.5, 0.6) is 5.75 Å². The predicted octanol–water partition coefficient (Wildman–Crippen LogP) is 1.60. The van der Waals surface area contributed by atoms with Gasteiger partial charge in [-0.25, -0.2) is 0 Å². The van der Waals surface area contributed by atoms with Gasteiger partial charge in [-0.1, -0.05) is 18.2 Å². The van der Waals surface area contributed by atoms with E-state index in [1.165, 1.54) is 0 Å². The van der Waals surface area contributed by atoms with Crippen molar-refractivity contribution < 1.29 is 14.3 Å². The molecule has 0 spiro atoms. The number of benzene rings is 1. The third-order valence-electron chi connectivity index (χ3n) is 5.01. The number of carbonyl (C=O) groups excluding carboxylic acids is 2. The number of para-hydroxylation sites is 1. The third-order valence-corrected chi connectivity index (χ3v) is 5.01. The van der Waals surface area contributed by atoms with Gasteiger partial charge in [0.2, 0.25) is 11.8 Å². The fourth-order valence-corrected chi connectivity index (χ4v) is 3.61. The van der Waals surface area contributed by atoms with Gasteiger partial charge in [-0.2, -0.15) is 0 Å².